The lowest BCUT2D eigenvalue weighted by molar-refractivity contribution is 0.339. The lowest BCUT2D eigenvalue weighted by Gasteiger charge is -2.20. The Bertz CT molecular complexity index is 577. The molecule has 0 amide bonds. The van der Waals surface area contributed by atoms with Gasteiger partial charge in [-0.25, -0.2) is 0 Å². The van der Waals surface area contributed by atoms with Crippen molar-refractivity contribution in [2.45, 2.75) is 26.8 Å². The molecule has 0 bridgehead atoms. The van der Waals surface area contributed by atoms with Gasteiger partial charge in [0.1, 0.15) is 5.75 Å². The summed E-state index contributed by atoms with van der Waals surface area (Å²) in [5.41, 5.74) is 5.15. The first-order valence-electron chi connectivity index (χ1n) is 7.13. The predicted octanol–water partition coefficient (Wildman–Crippen LogP) is 4.01. The van der Waals surface area contributed by atoms with Gasteiger partial charge in [-0.05, 0) is 56.6 Å². The van der Waals surface area contributed by atoms with E-state index in [4.69, 9.17) is 4.74 Å². The Balaban J connectivity index is 2.38. The highest BCUT2D eigenvalue weighted by Crippen LogP contribution is 2.27. The van der Waals surface area contributed by atoms with Crippen molar-refractivity contribution in [1.82, 2.24) is 5.32 Å². The maximum atomic E-state index is 5.60. The summed E-state index contributed by atoms with van der Waals surface area (Å²) in [5, 5.41) is 3.41. The first-order valence-corrected chi connectivity index (χ1v) is 7.13. The Morgan fingerprint density at radius 3 is 2.55 bits per heavy atom. The van der Waals surface area contributed by atoms with E-state index in [0.717, 1.165) is 5.75 Å². The van der Waals surface area contributed by atoms with E-state index in [0.29, 0.717) is 6.61 Å². The number of benzene rings is 2. The molecule has 0 fully saturated rings. The molecule has 0 spiro atoms. The highest BCUT2D eigenvalue weighted by atomic mass is 16.5. The normalized spacial score (nSPS) is 12.2. The minimum atomic E-state index is 0.191. The van der Waals surface area contributed by atoms with E-state index in [9.17, 15) is 0 Å². The molecule has 2 nitrogen and oxygen atoms in total. The predicted molar refractivity (Wildman–Crippen MR) is 84.4 cm³/mol. The topological polar surface area (TPSA) is 21.3 Å². The summed E-state index contributed by atoms with van der Waals surface area (Å²) in [6.45, 7) is 6.99. The van der Waals surface area contributed by atoms with Gasteiger partial charge in [0.25, 0.3) is 0 Å². The molecule has 20 heavy (non-hydrogen) atoms. The van der Waals surface area contributed by atoms with E-state index in [1.807, 2.05) is 26.1 Å². The molecule has 2 rings (SSSR count). The van der Waals surface area contributed by atoms with Gasteiger partial charge in [-0.1, -0.05) is 35.9 Å². The highest BCUT2D eigenvalue weighted by molar-refractivity contribution is 5.41. The van der Waals surface area contributed by atoms with E-state index in [2.05, 4.69) is 49.5 Å². The van der Waals surface area contributed by atoms with Crippen molar-refractivity contribution in [3.63, 3.8) is 0 Å². The van der Waals surface area contributed by atoms with E-state index >= 15 is 0 Å². The van der Waals surface area contributed by atoms with Crippen LogP contribution in [0.3, 0.4) is 0 Å². The molecular weight excluding hydrogens is 246 g/mol. The first-order chi connectivity index (χ1) is 9.65. The lowest BCUT2D eigenvalue weighted by Crippen LogP contribution is -2.18. The molecule has 0 aliphatic heterocycles. The van der Waals surface area contributed by atoms with Crippen LogP contribution in [-0.2, 0) is 0 Å². The molecule has 0 radical (unpaired) electrons. The van der Waals surface area contributed by atoms with Crippen LogP contribution in [0.5, 0.6) is 5.75 Å². The molecule has 0 saturated carbocycles. The number of ether oxygens (including phenoxy) is 1. The number of rotatable bonds is 5. The Morgan fingerprint density at radius 2 is 1.90 bits per heavy atom. The van der Waals surface area contributed by atoms with Crippen LogP contribution >= 0.6 is 0 Å². The van der Waals surface area contributed by atoms with Crippen molar-refractivity contribution in [1.29, 1.82) is 0 Å². The van der Waals surface area contributed by atoms with E-state index < -0.39 is 0 Å². The van der Waals surface area contributed by atoms with Crippen LogP contribution < -0.4 is 10.1 Å². The molecule has 0 saturated heterocycles. The van der Waals surface area contributed by atoms with Crippen LogP contribution in [0.4, 0.5) is 0 Å². The van der Waals surface area contributed by atoms with Crippen LogP contribution in [0, 0.1) is 13.8 Å². The Morgan fingerprint density at radius 1 is 1.10 bits per heavy atom. The second kappa shape index (κ2) is 6.58. The Labute approximate surface area is 121 Å². The molecule has 0 aromatic heterocycles. The summed E-state index contributed by atoms with van der Waals surface area (Å²) in [6.07, 6.45) is 0. The molecule has 1 atom stereocenters. The average Bonchev–Trinajstić information content (AvgIpc) is 2.43. The van der Waals surface area contributed by atoms with Gasteiger partial charge in [-0.15, -0.1) is 0 Å². The minimum Gasteiger partial charge on any atom is -0.494 e. The van der Waals surface area contributed by atoms with Gasteiger partial charge in [0.05, 0.1) is 12.6 Å². The van der Waals surface area contributed by atoms with E-state index in [1.54, 1.807) is 0 Å². The second-order valence-corrected chi connectivity index (χ2v) is 5.09. The van der Waals surface area contributed by atoms with Gasteiger partial charge in [-0.3, -0.25) is 0 Å². The van der Waals surface area contributed by atoms with Crippen molar-refractivity contribution in [3.8, 4) is 5.75 Å². The Kier molecular flexibility index (Phi) is 4.80. The zero-order chi connectivity index (χ0) is 14.5. The molecule has 2 aromatic carbocycles. The minimum absolute atomic E-state index is 0.191. The molecule has 106 valence electrons. The summed E-state index contributed by atoms with van der Waals surface area (Å²) < 4.78 is 5.60. The summed E-state index contributed by atoms with van der Waals surface area (Å²) in [6, 6.07) is 15.1. The van der Waals surface area contributed by atoms with Gasteiger partial charge in [0.2, 0.25) is 0 Å². The first kappa shape index (κ1) is 14.6. The van der Waals surface area contributed by atoms with Gasteiger partial charge in [-0.2, -0.15) is 0 Å². The fourth-order valence-corrected chi connectivity index (χ4v) is 2.60. The molecule has 2 aromatic rings. The Hall–Kier alpha value is -1.80. The average molecular weight is 269 g/mol. The van der Waals surface area contributed by atoms with E-state index in [-0.39, 0.29) is 6.04 Å². The summed E-state index contributed by atoms with van der Waals surface area (Å²) in [4.78, 5) is 0. The molecular formula is C18H23NO. The summed E-state index contributed by atoms with van der Waals surface area (Å²) >= 11 is 0. The van der Waals surface area contributed by atoms with Gasteiger partial charge in [0, 0.05) is 0 Å². The van der Waals surface area contributed by atoms with Gasteiger partial charge >= 0.3 is 0 Å². The second-order valence-electron chi connectivity index (χ2n) is 5.09. The van der Waals surface area contributed by atoms with Crippen LogP contribution in [-0.4, -0.2) is 13.7 Å². The maximum absolute atomic E-state index is 5.60. The zero-order valence-electron chi connectivity index (χ0n) is 12.7. The molecule has 0 aliphatic carbocycles. The van der Waals surface area contributed by atoms with Crippen LogP contribution in [0.2, 0.25) is 0 Å². The SMILES string of the molecule is CCOc1cccc(C(NC)c2ccc(C)cc2C)c1. The van der Waals surface area contributed by atoms with Crippen LogP contribution in [0.25, 0.3) is 0 Å². The van der Waals surface area contributed by atoms with Crippen molar-refractivity contribution in [2.24, 2.45) is 0 Å². The fourth-order valence-electron chi connectivity index (χ4n) is 2.60. The van der Waals surface area contributed by atoms with Crippen molar-refractivity contribution >= 4 is 0 Å². The van der Waals surface area contributed by atoms with Gasteiger partial charge in [0.15, 0.2) is 0 Å². The third-order valence-corrected chi connectivity index (χ3v) is 3.53. The number of hydrogen-bond acceptors (Lipinski definition) is 2. The van der Waals surface area contributed by atoms with Crippen LogP contribution in [0.1, 0.15) is 35.2 Å². The smallest absolute Gasteiger partial charge is 0.119 e. The largest absolute Gasteiger partial charge is 0.494 e. The molecule has 1 unspecified atom stereocenters. The van der Waals surface area contributed by atoms with Crippen molar-refractivity contribution < 1.29 is 4.74 Å². The maximum Gasteiger partial charge on any atom is 0.119 e. The molecule has 2 heteroatoms. The number of nitrogens with one attached hydrogen (secondary N) is 1. The monoisotopic (exact) mass is 269 g/mol. The number of hydrogen-bond donors (Lipinski definition) is 1. The molecule has 1 N–H and O–H groups in total. The zero-order valence-corrected chi connectivity index (χ0v) is 12.7. The quantitative estimate of drug-likeness (QED) is 0.885. The van der Waals surface area contributed by atoms with E-state index in [1.165, 1.54) is 22.3 Å². The number of aryl methyl sites for hydroxylation is 2. The van der Waals surface area contributed by atoms with Crippen molar-refractivity contribution in [3.05, 3.63) is 64.7 Å². The molecule has 0 heterocycles. The fraction of sp³-hybridized carbons (Fsp3) is 0.333. The third-order valence-electron chi connectivity index (χ3n) is 3.53. The summed E-state index contributed by atoms with van der Waals surface area (Å²) in [5.74, 6) is 0.926. The molecule has 0 aliphatic rings. The lowest BCUT2D eigenvalue weighted by atomic mass is 9.94. The van der Waals surface area contributed by atoms with Crippen LogP contribution in [0.15, 0.2) is 42.5 Å². The standard InChI is InChI=1S/C18H23NO/c1-5-20-16-8-6-7-15(12-16)18(19-4)17-10-9-13(2)11-14(17)3/h6-12,18-19H,5H2,1-4H3. The van der Waals surface area contributed by atoms with Gasteiger partial charge < -0.3 is 10.1 Å². The van der Waals surface area contributed by atoms with Crippen molar-refractivity contribution in [2.75, 3.05) is 13.7 Å². The third kappa shape index (κ3) is 3.20. The summed E-state index contributed by atoms with van der Waals surface area (Å²) in [7, 11) is 2.00. The highest BCUT2D eigenvalue weighted by Gasteiger charge is 2.14.